The highest BCUT2D eigenvalue weighted by molar-refractivity contribution is 5.26. The highest BCUT2D eigenvalue weighted by atomic mass is 16.7. The summed E-state index contributed by atoms with van der Waals surface area (Å²) in [6.45, 7) is 10.8. The number of rotatable bonds is 3. The topological polar surface area (TPSA) is 125 Å². The molecule has 1 spiro atoms. The first-order valence-corrected chi connectivity index (χ1v) is 16.7. The molecule has 0 aromatic heterocycles. The minimum Gasteiger partial charge on any atom is -0.394 e. The third-order valence-electron chi connectivity index (χ3n) is 13.9. The number of quaternary nitrogens is 1. The lowest BCUT2D eigenvalue weighted by molar-refractivity contribution is -0.786. The molecule has 7 rings (SSSR count). The highest BCUT2D eigenvalue weighted by Gasteiger charge is 2.69. The maximum absolute atomic E-state index is 10.5. The molecule has 8 heteroatoms. The quantitative estimate of drug-likeness (QED) is 0.326. The van der Waals surface area contributed by atoms with Crippen molar-refractivity contribution < 1.29 is 40.0 Å². The molecule has 16 atom stereocenters. The average molecular weight is 577 g/mol. The van der Waals surface area contributed by atoms with E-state index in [0.717, 1.165) is 37.5 Å². The van der Waals surface area contributed by atoms with Crippen molar-refractivity contribution >= 4 is 0 Å². The number of nitrogens with two attached hydrogens (primary N) is 1. The maximum atomic E-state index is 10.5. The van der Waals surface area contributed by atoms with Crippen LogP contribution < -0.4 is 5.32 Å². The van der Waals surface area contributed by atoms with Crippen LogP contribution in [0.4, 0.5) is 0 Å². The smallest absolute Gasteiger partial charge is 0.203 e. The molecule has 6 N–H and O–H groups in total. The average Bonchev–Trinajstić information content (AvgIpc) is 3.40. The molecule has 0 radical (unpaired) electrons. The number of ether oxygens (including phenoxy) is 3. The van der Waals surface area contributed by atoms with E-state index < -0.39 is 37.3 Å². The molecule has 3 saturated carbocycles. The van der Waals surface area contributed by atoms with E-state index in [1.807, 2.05) is 0 Å². The molecule has 4 aliphatic carbocycles. The van der Waals surface area contributed by atoms with E-state index in [0.29, 0.717) is 35.2 Å². The Morgan fingerprint density at radius 2 is 1.80 bits per heavy atom. The molecular formula is C33H54NO7+. The molecule has 0 aromatic rings. The van der Waals surface area contributed by atoms with Crippen LogP contribution in [0.2, 0.25) is 0 Å². The zero-order chi connectivity index (χ0) is 28.9. The number of aliphatic hydroxyl groups excluding tert-OH is 4. The molecule has 7 aliphatic rings. The van der Waals surface area contributed by atoms with Gasteiger partial charge in [0, 0.05) is 24.2 Å². The van der Waals surface area contributed by atoms with Crippen LogP contribution in [-0.2, 0) is 14.2 Å². The van der Waals surface area contributed by atoms with Crippen LogP contribution >= 0.6 is 0 Å². The van der Waals surface area contributed by atoms with Gasteiger partial charge in [-0.2, -0.15) is 0 Å². The third kappa shape index (κ3) is 4.29. The summed E-state index contributed by atoms with van der Waals surface area (Å²) in [6, 6.07) is 0. The minimum absolute atomic E-state index is 0.0115. The standard InChI is InChI=1S/C33H53NO7/c1-17-7-12-33(34-15-17)18(2)26-24(41-33)14-23-21-6-5-19-13-20(8-10-31(19,3)22(21)9-11-32(23,26)4)39-30-29(38)28(37)27(36)25(16-35)40-30/h5,17-18,20-30,34-38H,6-16H2,1-4H3/p+1/t17-,18+,20+,21-,22+,23+,24+,25-,26+,27+,28+,29-,30-,31+,32-,33-/m1/s1. The van der Waals surface area contributed by atoms with Gasteiger partial charge in [0.1, 0.15) is 24.4 Å². The van der Waals surface area contributed by atoms with Crippen molar-refractivity contribution in [2.24, 2.45) is 46.3 Å². The van der Waals surface area contributed by atoms with Gasteiger partial charge in [-0.3, -0.25) is 0 Å². The van der Waals surface area contributed by atoms with Crippen molar-refractivity contribution in [1.29, 1.82) is 0 Å². The minimum atomic E-state index is -1.40. The van der Waals surface area contributed by atoms with Gasteiger partial charge in [-0.15, -0.1) is 0 Å². The summed E-state index contributed by atoms with van der Waals surface area (Å²) < 4.78 is 19.0. The molecule has 0 aromatic carbocycles. The molecule has 8 nitrogen and oxygen atoms in total. The van der Waals surface area contributed by atoms with E-state index in [4.69, 9.17) is 14.2 Å². The molecule has 0 bridgehead atoms. The Balaban J connectivity index is 1.05. The molecule has 0 amide bonds. The van der Waals surface area contributed by atoms with Gasteiger partial charge in [0.05, 0.1) is 25.4 Å². The highest BCUT2D eigenvalue weighted by Crippen LogP contribution is 2.70. The SMILES string of the molecule is C[C@@H]1CC[C@@]2([NH2+]C1)O[C@H]1C[C@H]3[C@@H]4CC=C5C[C@@H](O[C@@H]6O[C@H](CO)[C@H](O)[C@H](O)[C@H]6O)CC[C@]5(C)[C@H]4CC[C@@]3(C)[C@H]1[C@@H]2C. The molecular weight excluding hydrogens is 522 g/mol. The van der Waals surface area contributed by atoms with Crippen LogP contribution in [0.25, 0.3) is 0 Å². The number of hydrogen-bond acceptors (Lipinski definition) is 7. The number of hydrogen-bond donors (Lipinski definition) is 5. The number of piperidine rings is 1. The Bertz CT molecular complexity index is 1030. The summed E-state index contributed by atoms with van der Waals surface area (Å²) >= 11 is 0. The van der Waals surface area contributed by atoms with Gasteiger partial charge in [-0.25, -0.2) is 0 Å². The van der Waals surface area contributed by atoms with E-state index in [1.54, 1.807) is 0 Å². The molecule has 41 heavy (non-hydrogen) atoms. The lowest BCUT2D eigenvalue weighted by atomic mass is 9.47. The zero-order valence-electron chi connectivity index (χ0n) is 25.5. The molecule has 3 heterocycles. The predicted molar refractivity (Wildman–Crippen MR) is 151 cm³/mol. The van der Waals surface area contributed by atoms with Gasteiger partial charge in [-0.1, -0.05) is 39.3 Å². The summed E-state index contributed by atoms with van der Waals surface area (Å²) in [6.07, 6.45) is 6.85. The van der Waals surface area contributed by atoms with Gasteiger partial charge in [-0.05, 0) is 80.0 Å². The third-order valence-corrected chi connectivity index (χ3v) is 13.9. The Morgan fingerprint density at radius 1 is 1.00 bits per heavy atom. The Labute approximate surface area is 245 Å². The van der Waals surface area contributed by atoms with Crippen molar-refractivity contribution in [2.75, 3.05) is 13.2 Å². The van der Waals surface area contributed by atoms with Crippen molar-refractivity contribution in [1.82, 2.24) is 0 Å². The summed E-state index contributed by atoms with van der Waals surface area (Å²) in [7, 11) is 0. The fourth-order valence-corrected chi connectivity index (χ4v) is 11.5. The summed E-state index contributed by atoms with van der Waals surface area (Å²) in [4.78, 5) is 0. The largest absolute Gasteiger partial charge is 0.394 e. The first-order chi connectivity index (χ1) is 19.5. The van der Waals surface area contributed by atoms with Crippen LogP contribution in [0.5, 0.6) is 0 Å². The second-order valence-corrected chi connectivity index (χ2v) is 15.7. The van der Waals surface area contributed by atoms with E-state index in [1.165, 1.54) is 44.2 Å². The Kier molecular flexibility index (Phi) is 7.27. The van der Waals surface area contributed by atoms with Gasteiger partial charge < -0.3 is 40.0 Å². The number of fused-ring (bicyclic) bond motifs is 7. The van der Waals surface area contributed by atoms with Gasteiger partial charge in [0.2, 0.25) is 5.72 Å². The second-order valence-electron chi connectivity index (χ2n) is 15.7. The fourth-order valence-electron chi connectivity index (χ4n) is 11.5. The van der Waals surface area contributed by atoms with Crippen molar-refractivity contribution in [2.45, 2.75) is 134 Å². The van der Waals surface area contributed by atoms with E-state index in [9.17, 15) is 20.4 Å². The molecule has 3 saturated heterocycles. The summed E-state index contributed by atoms with van der Waals surface area (Å²) in [5.41, 5.74) is 2.02. The molecule has 0 unspecified atom stereocenters. The Morgan fingerprint density at radius 3 is 2.54 bits per heavy atom. The van der Waals surface area contributed by atoms with Crippen LogP contribution in [0.15, 0.2) is 11.6 Å². The normalized spacial score (nSPS) is 58.3. The predicted octanol–water partition coefficient (Wildman–Crippen LogP) is 2.08. The second kappa shape index (κ2) is 10.2. The van der Waals surface area contributed by atoms with Gasteiger partial charge in [0.15, 0.2) is 6.29 Å². The molecule has 6 fully saturated rings. The van der Waals surface area contributed by atoms with E-state index in [-0.39, 0.29) is 17.2 Å². The lowest BCUT2D eigenvalue weighted by Gasteiger charge is -2.58. The summed E-state index contributed by atoms with van der Waals surface area (Å²) in [5.74, 6) is 4.16. The monoisotopic (exact) mass is 576 g/mol. The number of aliphatic hydroxyl groups is 4. The molecule has 3 aliphatic heterocycles. The maximum Gasteiger partial charge on any atom is 0.203 e. The Hall–Kier alpha value is -0.580. The first-order valence-electron chi connectivity index (χ1n) is 16.7. The van der Waals surface area contributed by atoms with Crippen molar-refractivity contribution in [3.8, 4) is 0 Å². The van der Waals surface area contributed by atoms with Crippen LogP contribution in [-0.4, -0.2) is 82.2 Å². The van der Waals surface area contributed by atoms with Crippen LogP contribution in [0, 0.1) is 46.3 Å². The van der Waals surface area contributed by atoms with Gasteiger partial charge in [0.25, 0.3) is 0 Å². The number of allylic oxidation sites excluding steroid dienone is 1. The lowest BCUT2D eigenvalue weighted by Crippen LogP contribution is -3.00. The van der Waals surface area contributed by atoms with Crippen molar-refractivity contribution in [3.63, 3.8) is 0 Å². The van der Waals surface area contributed by atoms with Gasteiger partial charge >= 0.3 is 0 Å². The van der Waals surface area contributed by atoms with E-state index in [2.05, 4.69) is 39.1 Å². The summed E-state index contributed by atoms with van der Waals surface area (Å²) in [5, 5.41) is 43.0. The van der Waals surface area contributed by atoms with Crippen LogP contribution in [0.1, 0.15) is 85.5 Å². The van der Waals surface area contributed by atoms with Crippen LogP contribution in [0.3, 0.4) is 0 Å². The molecule has 232 valence electrons. The van der Waals surface area contributed by atoms with E-state index >= 15 is 0 Å². The zero-order valence-corrected chi connectivity index (χ0v) is 25.5. The fraction of sp³-hybridized carbons (Fsp3) is 0.939. The van der Waals surface area contributed by atoms with Crippen molar-refractivity contribution in [3.05, 3.63) is 11.6 Å². The first kappa shape index (κ1) is 29.1.